The normalized spacial score (nSPS) is 16.1. The van der Waals surface area contributed by atoms with E-state index in [1.54, 1.807) is 7.11 Å². The molecule has 1 unspecified atom stereocenters. The number of rotatable bonds is 7. The highest BCUT2D eigenvalue weighted by Gasteiger charge is 2.20. The number of carbonyl (C=O) groups is 1. The highest BCUT2D eigenvalue weighted by molar-refractivity contribution is 5.74. The van der Waals surface area contributed by atoms with Gasteiger partial charge in [-0.3, -0.25) is 4.90 Å². The average molecular weight is 396 g/mol. The number of amides is 2. The van der Waals surface area contributed by atoms with Gasteiger partial charge >= 0.3 is 6.03 Å². The van der Waals surface area contributed by atoms with E-state index in [0.29, 0.717) is 0 Å². The Hall–Kier alpha value is -2.53. The lowest BCUT2D eigenvalue weighted by Gasteiger charge is -2.24. The third-order valence-electron chi connectivity index (χ3n) is 5.52. The molecule has 2 aromatic carbocycles. The Morgan fingerprint density at radius 2 is 1.76 bits per heavy atom. The molecule has 0 spiro atoms. The smallest absolute Gasteiger partial charge is 0.317 e. The molecule has 1 aliphatic rings. The summed E-state index contributed by atoms with van der Waals surface area (Å²) in [5.41, 5.74) is 2.59. The van der Waals surface area contributed by atoms with Crippen molar-refractivity contribution in [3.8, 4) is 5.75 Å². The van der Waals surface area contributed by atoms with Crippen molar-refractivity contribution in [3.05, 3.63) is 65.7 Å². The number of urea groups is 1. The van der Waals surface area contributed by atoms with E-state index in [4.69, 9.17) is 4.74 Å². The summed E-state index contributed by atoms with van der Waals surface area (Å²) < 4.78 is 5.20. The molecule has 2 aromatic rings. The lowest BCUT2D eigenvalue weighted by Crippen LogP contribution is -2.45. The highest BCUT2D eigenvalue weighted by atomic mass is 16.5. The molecule has 5 heteroatoms. The quantitative estimate of drug-likeness (QED) is 0.772. The minimum absolute atomic E-state index is 0.0637. The number of hydrogen-bond acceptors (Lipinski definition) is 3. The molecule has 1 heterocycles. The van der Waals surface area contributed by atoms with Gasteiger partial charge < -0.3 is 15.0 Å². The molecule has 0 aromatic heterocycles. The number of aryl methyl sites for hydroxylation is 1. The maximum atomic E-state index is 12.7. The van der Waals surface area contributed by atoms with E-state index in [2.05, 4.69) is 53.5 Å². The zero-order chi connectivity index (χ0) is 20.5. The zero-order valence-electron chi connectivity index (χ0n) is 17.6. The standard InChI is InChI=1S/C24H33N3O2/c1-20(9-10-21-11-13-23(29-2)14-12-21)25-24(28)27-16-6-15-26(17-18-27)19-22-7-4-3-5-8-22/h3-5,7-8,11-14,20H,6,9-10,15-19H2,1-2H3,(H,25,28). The SMILES string of the molecule is COc1ccc(CCC(C)NC(=O)N2CCCN(Cc3ccccc3)CC2)cc1. The van der Waals surface area contributed by atoms with Gasteiger partial charge in [0.25, 0.3) is 0 Å². The molecule has 1 saturated heterocycles. The lowest BCUT2D eigenvalue weighted by atomic mass is 10.1. The molecule has 2 amide bonds. The fourth-order valence-electron chi connectivity index (χ4n) is 3.72. The predicted molar refractivity (Wildman–Crippen MR) is 117 cm³/mol. The molecule has 156 valence electrons. The van der Waals surface area contributed by atoms with E-state index < -0.39 is 0 Å². The van der Waals surface area contributed by atoms with Gasteiger partial charge in [0.15, 0.2) is 0 Å². The molecular formula is C24H33N3O2. The Balaban J connectivity index is 1.41. The van der Waals surface area contributed by atoms with Crippen molar-refractivity contribution in [2.45, 2.75) is 38.8 Å². The second kappa shape index (κ2) is 10.9. The fourth-order valence-corrected chi connectivity index (χ4v) is 3.72. The van der Waals surface area contributed by atoms with Gasteiger partial charge in [-0.25, -0.2) is 4.79 Å². The van der Waals surface area contributed by atoms with Gasteiger partial charge in [-0.15, -0.1) is 0 Å². The summed E-state index contributed by atoms with van der Waals surface area (Å²) in [6.45, 7) is 6.59. The monoisotopic (exact) mass is 395 g/mol. The molecule has 5 nitrogen and oxygen atoms in total. The molecular weight excluding hydrogens is 362 g/mol. The van der Waals surface area contributed by atoms with Gasteiger partial charge in [0.1, 0.15) is 5.75 Å². The average Bonchev–Trinajstić information content (AvgIpc) is 2.99. The summed E-state index contributed by atoms with van der Waals surface area (Å²) >= 11 is 0. The van der Waals surface area contributed by atoms with Crippen LogP contribution in [0.4, 0.5) is 4.79 Å². The topological polar surface area (TPSA) is 44.8 Å². The first-order chi connectivity index (χ1) is 14.1. The first kappa shape index (κ1) is 21.2. The van der Waals surface area contributed by atoms with Crippen LogP contribution in [0.15, 0.2) is 54.6 Å². The summed E-state index contributed by atoms with van der Waals surface area (Å²) in [7, 11) is 1.68. The van der Waals surface area contributed by atoms with E-state index in [1.165, 1.54) is 11.1 Å². The number of benzene rings is 2. The third kappa shape index (κ3) is 6.79. The first-order valence-corrected chi connectivity index (χ1v) is 10.6. The van der Waals surface area contributed by atoms with Gasteiger partial charge in [-0.2, -0.15) is 0 Å². The molecule has 0 radical (unpaired) electrons. The summed E-state index contributed by atoms with van der Waals surface area (Å²) in [5, 5.41) is 3.18. The van der Waals surface area contributed by atoms with Crippen molar-refractivity contribution in [2.75, 3.05) is 33.3 Å². The second-order valence-corrected chi connectivity index (χ2v) is 7.84. The van der Waals surface area contributed by atoms with E-state index >= 15 is 0 Å². The number of ether oxygens (including phenoxy) is 1. The zero-order valence-corrected chi connectivity index (χ0v) is 17.6. The fraction of sp³-hybridized carbons (Fsp3) is 0.458. The van der Waals surface area contributed by atoms with Crippen LogP contribution in [0.2, 0.25) is 0 Å². The minimum atomic E-state index is 0.0637. The Kier molecular flexibility index (Phi) is 7.94. The molecule has 1 aliphatic heterocycles. The van der Waals surface area contributed by atoms with Crippen LogP contribution in [0.1, 0.15) is 30.9 Å². The van der Waals surface area contributed by atoms with Gasteiger partial charge in [-0.05, 0) is 49.4 Å². The van der Waals surface area contributed by atoms with Gasteiger partial charge in [0, 0.05) is 38.8 Å². The van der Waals surface area contributed by atoms with Crippen molar-refractivity contribution in [1.29, 1.82) is 0 Å². The number of carbonyl (C=O) groups excluding carboxylic acids is 1. The van der Waals surface area contributed by atoms with Crippen molar-refractivity contribution in [1.82, 2.24) is 15.1 Å². The van der Waals surface area contributed by atoms with Crippen LogP contribution in [0, 0.1) is 0 Å². The van der Waals surface area contributed by atoms with Crippen molar-refractivity contribution < 1.29 is 9.53 Å². The van der Waals surface area contributed by atoms with E-state index in [-0.39, 0.29) is 12.1 Å². The van der Waals surface area contributed by atoms with Crippen molar-refractivity contribution in [3.63, 3.8) is 0 Å². The highest BCUT2D eigenvalue weighted by Crippen LogP contribution is 2.14. The van der Waals surface area contributed by atoms with Crippen LogP contribution >= 0.6 is 0 Å². The van der Waals surface area contributed by atoms with Crippen LogP contribution in [-0.2, 0) is 13.0 Å². The largest absolute Gasteiger partial charge is 0.497 e. The van der Waals surface area contributed by atoms with Crippen LogP contribution < -0.4 is 10.1 Å². The van der Waals surface area contributed by atoms with Gasteiger partial charge in [0.2, 0.25) is 0 Å². The van der Waals surface area contributed by atoms with Gasteiger partial charge in [-0.1, -0.05) is 42.5 Å². The predicted octanol–water partition coefficient (Wildman–Crippen LogP) is 3.93. The Bertz CT molecular complexity index is 748. The summed E-state index contributed by atoms with van der Waals surface area (Å²) in [6.07, 6.45) is 2.88. The summed E-state index contributed by atoms with van der Waals surface area (Å²) in [6, 6.07) is 18.9. The van der Waals surface area contributed by atoms with Crippen LogP contribution in [0.5, 0.6) is 5.75 Å². The third-order valence-corrected chi connectivity index (χ3v) is 5.52. The molecule has 0 bridgehead atoms. The molecule has 29 heavy (non-hydrogen) atoms. The molecule has 1 fully saturated rings. The van der Waals surface area contributed by atoms with Crippen molar-refractivity contribution >= 4 is 6.03 Å². The van der Waals surface area contributed by atoms with Crippen LogP contribution in [0.3, 0.4) is 0 Å². The maximum Gasteiger partial charge on any atom is 0.317 e. The molecule has 0 aliphatic carbocycles. The second-order valence-electron chi connectivity index (χ2n) is 7.84. The van der Waals surface area contributed by atoms with E-state index in [0.717, 1.165) is 57.7 Å². The number of nitrogens with zero attached hydrogens (tertiary/aromatic N) is 2. The maximum absolute atomic E-state index is 12.7. The number of nitrogens with one attached hydrogen (secondary N) is 1. The molecule has 1 N–H and O–H groups in total. The van der Waals surface area contributed by atoms with Crippen LogP contribution in [0.25, 0.3) is 0 Å². The lowest BCUT2D eigenvalue weighted by molar-refractivity contribution is 0.194. The molecule has 1 atom stereocenters. The first-order valence-electron chi connectivity index (χ1n) is 10.6. The van der Waals surface area contributed by atoms with Gasteiger partial charge in [0.05, 0.1) is 7.11 Å². The number of methoxy groups -OCH3 is 1. The van der Waals surface area contributed by atoms with Crippen LogP contribution in [-0.4, -0.2) is 55.2 Å². The van der Waals surface area contributed by atoms with E-state index in [9.17, 15) is 4.79 Å². The van der Waals surface area contributed by atoms with Crippen molar-refractivity contribution in [2.24, 2.45) is 0 Å². The van der Waals surface area contributed by atoms with E-state index in [1.807, 2.05) is 23.1 Å². The molecule has 3 rings (SSSR count). The molecule has 0 saturated carbocycles. The number of hydrogen-bond donors (Lipinski definition) is 1. The Morgan fingerprint density at radius 3 is 2.48 bits per heavy atom. The minimum Gasteiger partial charge on any atom is -0.497 e. The Morgan fingerprint density at radius 1 is 1.00 bits per heavy atom. The summed E-state index contributed by atoms with van der Waals surface area (Å²) in [4.78, 5) is 17.1. The summed E-state index contributed by atoms with van der Waals surface area (Å²) in [5.74, 6) is 0.873. The Labute approximate surface area is 174 Å².